The lowest BCUT2D eigenvalue weighted by atomic mass is 10.2. The first-order valence-electron chi connectivity index (χ1n) is 5.94. The van der Waals surface area contributed by atoms with Gasteiger partial charge in [0.1, 0.15) is 9.28 Å². The zero-order valence-corrected chi connectivity index (χ0v) is 14.7. The first kappa shape index (κ1) is 12.9. The first-order valence-corrected chi connectivity index (χ1v) is 19.6. The third kappa shape index (κ3) is 4.11. The summed E-state index contributed by atoms with van der Waals surface area (Å²) in [6.07, 6.45) is 5.37. The summed E-state index contributed by atoms with van der Waals surface area (Å²) in [6.45, 7) is 6.07. The van der Waals surface area contributed by atoms with Crippen LogP contribution in [0.15, 0.2) is 0 Å². The monoisotopic (exact) mass is 263 g/mol. The van der Waals surface area contributed by atoms with Gasteiger partial charge >= 0.3 is 0 Å². The summed E-state index contributed by atoms with van der Waals surface area (Å²) >= 11 is 0. The van der Waals surface area contributed by atoms with Crippen molar-refractivity contribution in [3.63, 3.8) is 0 Å². The van der Waals surface area contributed by atoms with Crippen LogP contribution < -0.4 is 5.73 Å². The van der Waals surface area contributed by atoms with Crippen LogP contribution in [0.2, 0.25) is 19.1 Å². The molecular formula is C8H25NOSi4. The van der Waals surface area contributed by atoms with Crippen molar-refractivity contribution >= 4 is 33.3 Å². The maximum absolute atomic E-state index is 5.82. The molecular weight excluding hydrogens is 238 g/mol. The fourth-order valence-corrected chi connectivity index (χ4v) is 58.8. The summed E-state index contributed by atoms with van der Waals surface area (Å²) in [5.74, 6) is 0. The molecule has 6 heteroatoms. The van der Waals surface area contributed by atoms with Gasteiger partial charge in [-0.25, -0.2) is 0 Å². The standard InChI is InChI=1S/C8H25NOSi4/c1-14(2)8-10-11-12-13(14)7-5-3-4-6-9/h13H,3-9,11-12H2,1-2H3. The van der Waals surface area contributed by atoms with Gasteiger partial charge in [-0.05, 0) is 13.0 Å². The SMILES string of the molecule is C[Si]1(C)CO[SiH2][SiH2][SiH]1CCCCCN. The molecule has 1 rings (SSSR count). The molecule has 2 N–H and O–H groups in total. The van der Waals surface area contributed by atoms with E-state index in [2.05, 4.69) is 13.1 Å². The van der Waals surface area contributed by atoms with Crippen molar-refractivity contribution in [3.8, 4) is 0 Å². The fourth-order valence-electron chi connectivity index (χ4n) is 2.32. The maximum atomic E-state index is 5.82. The van der Waals surface area contributed by atoms with Crippen LogP contribution in [0.4, 0.5) is 0 Å². The van der Waals surface area contributed by atoms with Crippen molar-refractivity contribution < 1.29 is 4.43 Å². The number of rotatable bonds is 5. The van der Waals surface area contributed by atoms with Gasteiger partial charge in [0.05, 0.1) is 7.59 Å². The molecule has 14 heavy (non-hydrogen) atoms. The second kappa shape index (κ2) is 6.39. The molecule has 84 valence electrons. The van der Waals surface area contributed by atoms with Crippen LogP contribution >= 0.6 is 0 Å². The van der Waals surface area contributed by atoms with Crippen LogP contribution in [0.5, 0.6) is 0 Å². The average Bonchev–Trinajstić information content (AvgIpc) is 2.14. The summed E-state index contributed by atoms with van der Waals surface area (Å²) in [7, 11) is -0.569. The highest BCUT2D eigenvalue weighted by atomic mass is 29.8. The summed E-state index contributed by atoms with van der Waals surface area (Å²) in [5, 5.41) is 0. The van der Waals surface area contributed by atoms with Crippen LogP contribution in [0.25, 0.3) is 0 Å². The first-order chi connectivity index (χ1) is 6.67. The van der Waals surface area contributed by atoms with E-state index in [1.54, 1.807) is 6.04 Å². The van der Waals surface area contributed by atoms with Gasteiger partial charge in [-0.2, -0.15) is 0 Å². The van der Waals surface area contributed by atoms with E-state index in [-0.39, 0.29) is 17.1 Å². The van der Waals surface area contributed by atoms with E-state index in [4.69, 9.17) is 10.2 Å². The highest BCUT2D eigenvalue weighted by Crippen LogP contribution is 2.16. The average molecular weight is 264 g/mol. The predicted molar refractivity (Wildman–Crippen MR) is 75.4 cm³/mol. The normalized spacial score (nSPS) is 29.8. The van der Waals surface area contributed by atoms with Crippen molar-refractivity contribution in [2.24, 2.45) is 5.73 Å². The second-order valence-corrected chi connectivity index (χ2v) is 33.5. The van der Waals surface area contributed by atoms with E-state index in [0.29, 0.717) is 8.55 Å². The molecule has 1 saturated heterocycles. The number of hydrogen-bond acceptors (Lipinski definition) is 2. The Bertz CT molecular complexity index is 167. The van der Waals surface area contributed by atoms with Crippen molar-refractivity contribution in [2.45, 2.75) is 38.4 Å². The summed E-state index contributed by atoms with van der Waals surface area (Å²) in [5.41, 5.74) is 5.52. The van der Waals surface area contributed by atoms with E-state index in [9.17, 15) is 0 Å². The van der Waals surface area contributed by atoms with E-state index in [1.165, 1.54) is 25.5 Å². The number of nitrogens with two attached hydrogens (primary N) is 1. The molecule has 2 nitrogen and oxygen atoms in total. The predicted octanol–water partition coefficient (Wildman–Crippen LogP) is -0.637. The van der Waals surface area contributed by atoms with Gasteiger partial charge in [0.2, 0.25) is 0 Å². The van der Waals surface area contributed by atoms with Crippen LogP contribution in [0.3, 0.4) is 0 Å². The largest absolute Gasteiger partial charge is 0.432 e. The zero-order valence-electron chi connectivity index (χ0n) is 9.72. The minimum atomic E-state index is -0.798. The molecule has 0 bridgehead atoms. The molecule has 0 radical (unpaired) electrons. The van der Waals surface area contributed by atoms with Gasteiger partial charge in [-0.1, -0.05) is 32.0 Å². The van der Waals surface area contributed by atoms with Gasteiger partial charge < -0.3 is 10.2 Å². The van der Waals surface area contributed by atoms with Crippen molar-refractivity contribution in [1.82, 2.24) is 0 Å². The fraction of sp³-hybridized carbons (Fsp3) is 1.00. The summed E-state index contributed by atoms with van der Waals surface area (Å²) < 4.78 is 5.82. The minimum absolute atomic E-state index is 0.0634. The van der Waals surface area contributed by atoms with Gasteiger partial charge in [0, 0.05) is 22.6 Å². The molecule has 0 aliphatic carbocycles. The molecule has 1 heterocycles. The van der Waals surface area contributed by atoms with Gasteiger partial charge in [0.15, 0.2) is 0 Å². The topological polar surface area (TPSA) is 35.2 Å². The summed E-state index contributed by atoms with van der Waals surface area (Å²) in [4.78, 5) is 0. The molecule has 0 spiro atoms. The molecule has 0 aromatic rings. The highest BCUT2D eigenvalue weighted by molar-refractivity contribution is 7.61. The molecule has 0 aromatic carbocycles. The molecule has 0 saturated carbocycles. The Balaban J connectivity index is 2.20. The van der Waals surface area contributed by atoms with Crippen molar-refractivity contribution in [2.75, 3.05) is 12.8 Å². The molecule has 1 atom stereocenters. The van der Waals surface area contributed by atoms with E-state index in [1.807, 2.05) is 0 Å². The van der Waals surface area contributed by atoms with Crippen LogP contribution in [-0.2, 0) is 4.43 Å². The van der Waals surface area contributed by atoms with Crippen molar-refractivity contribution in [3.05, 3.63) is 0 Å². The third-order valence-electron chi connectivity index (χ3n) is 3.45. The van der Waals surface area contributed by atoms with Crippen molar-refractivity contribution in [1.29, 1.82) is 0 Å². The molecule has 1 unspecified atom stereocenters. The molecule has 1 aliphatic heterocycles. The van der Waals surface area contributed by atoms with Gasteiger partial charge in [0.25, 0.3) is 0 Å². The Morgan fingerprint density at radius 1 is 1.36 bits per heavy atom. The lowest BCUT2D eigenvalue weighted by Crippen LogP contribution is -2.59. The van der Waals surface area contributed by atoms with E-state index < -0.39 is 7.59 Å². The number of hydrogen-bond donors (Lipinski definition) is 1. The van der Waals surface area contributed by atoms with E-state index >= 15 is 0 Å². The van der Waals surface area contributed by atoms with Gasteiger partial charge in [-0.15, -0.1) is 0 Å². The third-order valence-corrected chi connectivity index (χ3v) is 48.6. The lowest BCUT2D eigenvalue weighted by Gasteiger charge is -2.35. The minimum Gasteiger partial charge on any atom is -0.432 e. The molecule has 1 aliphatic rings. The molecule has 1 fully saturated rings. The Hall–Kier alpha value is 0.788. The van der Waals surface area contributed by atoms with Crippen LogP contribution in [0.1, 0.15) is 19.3 Å². The lowest BCUT2D eigenvalue weighted by molar-refractivity contribution is 0.414. The smallest absolute Gasteiger partial charge is 0.139 e. The molecule has 0 aromatic heterocycles. The Labute approximate surface area is 94.7 Å². The second-order valence-electron chi connectivity index (χ2n) is 5.16. The Morgan fingerprint density at radius 3 is 2.79 bits per heavy atom. The van der Waals surface area contributed by atoms with Gasteiger partial charge in [-0.3, -0.25) is 0 Å². The summed E-state index contributed by atoms with van der Waals surface area (Å²) in [6, 6.07) is 1.65. The van der Waals surface area contributed by atoms with E-state index in [0.717, 1.165) is 6.54 Å². The Morgan fingerprint density at radius 2 is 2.14 bits per heavy atom. The Kier molecular flexibility index (Phi) is 5.87. The zero-order chi connectivity index (χ0) is 10.4. The maximum Gasteiger partial charge on any atom is 0.139 e. The van der Waals surface area contributed by atoms with Crippen LogP contribution in [0, 0.1) is 0 Å². The highest BCUT2D eigenvalue weighted by Gasteiger charge is 2.35. The quantitative estimate of drug-likeness (QED) is 0.529. The number of unbranched alkanes of at least 4 members (excludes halogenated alkanes) is 2. The molecule has 0 amide bonds. The van der Waals surface area contributed by atoms with Crippen LogP contribution in [-0.4, -0.2) is 46.0 Å².